The Kier molecular flexibility index (Phi) is 4.39. The molecule has 1 unspecified atom stereocenters. The quantitative estimate of drug-likeness (QED) is 0.874. The summed E-state index contributed by atoms with van der Waals surface area (Å²) in [5.41, 5.74) is 4.67. The molecule has 0 radical (unpaired) electrons. The predicted molar refractivity (Wildman–Crippen MR) is 96.5 cm³/mol. The van der Waals surface area contributed by atoms with E-state index in [1.54, 1.807) is 0 Å². The highest BCUT2D eigenvalue weighted by Crippen LogP contribution is 2.38. The molecule has 1 aliphatic heterocycles. The summed E-state index contributed by atoms with van der Waals surface area (Å²) in [4.78, 5) is 16.7. The predicted octanol–water partition coefficient (Wildman–Crippen LogP) is 3.53. The van der Waals surface area contributed by atoms with E-state index in [0.29, 0.717) is 0 Å². The summed E-state index contributed by atoms with van der Waals surface area (Å²) in [7, 11) is 0. The highest BCUT2D eigenvalue weighted by molar-refractivity contribution is 8.13. The fourth-order valence-corrected chi connectivity index (χ4v) is 3.44. The third kappa shape index (κ3) is 2.84. The summed E-state index contributed by atoms with van der Waals surface area (Å²) < 4.78 is 0. The molecule has 0 aliphatic carbocycles. The van der Waals surface area contributed by atoms with Crippen molar-refractivity contribution in [2.45, 2.75) is 18.5 Å². The molecule has 0 aromatic heterocycles. The number of hydrazine groups is 1. The summed E-state index contributed by atoms with van der Waals surface area (Å²) in [6.07, 6.45) is 2.94. The van der Waals surface area contributed by atoms with Crippen LogP contribution in [0.1, 0.15) is 12.5 Å². The largest absolute Gasteiger partial charge is 0.301 e. The Bertz CT molecular complexity index is 705. The zero-order valence-electron chi connectivity index (χ0n) is 13.1. The average molecular weight is 325 g/mol. The van der Waals surface area contributed by atoms with Crippen LogP contribution in [0.3, 0.4) is 0 Å². The summed E-state index contributed by atoms with van der Waals surface area (Å²) in [5.74, 6) is 0. The number of nitrogens with zero attached hydrogens (tertiary/aromatic N) is 2. The minimum atomic E-state index is -0.608. The molecule has 2 atom stereocenters. The molecule has 118 valence electrons. The molecule has 0 bridgehead atoms. The van der Waals surface area contributed by atoms with Gasteiger partial charge in [0, 0.05) is 0 Å². The number of nitrogens with one attached hydrogen (secondary N) is 1. The average Bonchev–Trinajstić information content (AvgIpc) is 2.89. The first-order chi connectivity index (χ1) is 11.2. The number of aldehydes is 1. The van der Waals surface area contributed by atoms with Crippen molar-refractivity contribution in [3.05, 3.63) is 66.2 Å². The first-order valence-corrected chi connectivity index (χ1v) is 8.67. The van der Waals surface area contributed by atoms with Gasteiger partial charge in [0.2, 0.25) is 0 Å². The Labute approximate surface area is 140 Å². The van der Waals surface area contributed by atoms with Gasteiger partial charge >= 0.3 is 0 Å². The van der Waals surface area contributed by atoms with E-state index in [4.69, 9.17) is 4.99 Å². The van der Waals surface area contributed by atoms with E-state index in [0.717, 1.165) is 22.7 Å². The Hall–Kier alpha value is -2.27. The Morgan fingerprint density at radius 3 is 2.30 bits per heavy atom. The lowest BCUT2D eigenvalue weighted by Crippen LogP contribution is -2.47. The van der Waals surface area contributed by atoms with Crippen LogP contribution >= 0.6 is 11.8 Å². The van der Waals surface area contributed by atoms with Crippen LogP contribution in [-0.2, 0) is 10.3 Å². The molecular weight excluding hydrogens is 306 g/mol. The molecule has 23 heavy (non-hydrogen) atoms. The van der Waals surface area contributed by atoms with Gasteiger partial charge < -0.3 is 4.79 Å². The van der Waals surface area contributed by atoms with Gasteiger partial charge in [-0.1, -0.05) is 60.3 Å². The van der Waals surface area contributed by atoms with Crippen LogP contribution < -0.4 is 5.43 Å². The number of carbonyl (C=O) groups excluding carboxylic acids is 1. The molecule has 0 spiro atoms. The third-order valence-corrected chi connectivity index (χ3v) is 4.73. The number of hydrogen-bond acceptors (Lipinski definition) is 5. The van der Waals surface area contributed by atoms with Crippen LogP contribution in [-0.4, -0.2) is 28.8 Å². The summed E-state index contributed by atoms with van der Waals surface area (Å²) in [6, 6.07) is 19.4. The second-order valence-corrected chi connectivity index (χ2v) is 6.31. The number of rotatable bonds is 4. The Morgan fingerprint density at radius 1 is 1.13 bits per heavy atom. The first-order valence-electron chi connectivity index (χ1n) is 7.44. The molecule has 0 saturated carbocycles. The van der Waals surface area contributed by atoms with Crippen molar-refractivity contribution >= 4 is 28.9 Å². The van der Waals surface area contributed by atoms with E-state index >= 15 is 0 Å². The summed E-state index contributed by atoms with van der Waals surface area (Å²) in [5, 5.41) is 2.66. The number of aliphatic imine (C=N–C) groups is 1. The fraction of sp³-hybridized carbons (Fsp3) is 0.222. The molecule has 0 fully saturated rings. The summed E-state index contributed by atoms with van der Waals surface area (Å²) >= 11 is 1.53. The molecule has 0 amide bonds. The molecule has 2 aromatic rings. The molecule has 3 rings (SSSR count). The van der Waals surface area contributed by atoms with Crippen LogP contribution in [0.4, 0.5) is 5.69 Å². The smallest absolute Gasteiger partial charge is 0.179 e. The maximum Gasteiger partial charge on any atom is 0.179 e. The van der Waals surface area contributed by atoms with Gasteiger partial charge in [-0.25, -0.2) is 4.99 Å². The number of para-hydroxylation sites is 1. The standard InChI is InChI=1S/C18H19N3OS/c1-18(14-9-5-3-6-10-14)16(13-22)21(17(19-18)23-2)20-15-11-7-4-8-12-15/h3-13,16,20H,1-2H3/t16?,18-/m0/s1. The van der Waals surface area contributed by atoms with Gasteiger partial charge in [0.25, 0.3) is 0 Å². The molecule has 5 heteroatoms. The first kappa shape index (κ1) is 15.6. The minimum absolute atomic E-state index is 0.410. The van der Waals surface area contributed by atoms with Crippen molar-refractivity contribution in [2.24, 2.45) is 4.99 Å². The van der Waals surface area contributed by atoms with E-state index in [9.17, 15) is 4.79 Å². The maximum absolute atomic E-state index is 11.9. The monoisotopic (exact) mass is 325 g/mol. The highest BCUT2D eigenvalue weighted by Gasteiger charge is 2.46. The molecule has 4 nitrogen and oxygen atoms in total. The van der Waals surface area contributed by atoms with Crippen molar-refractivity contribution in [1.29, 1.82) is 0 Å². The number of hydrogen-bond donors (Lipinski definition) is 1. The molecule has 2 aromatic carbocycles. The van der Waals surface area contributed by atoms with Gasteiger partial charge in [0.15, 0.2) is 5.17 Å². The molecule has 1 N–H and O–H groups in total. The number of thioether (sulfide) groups is 1. The Balaban J connectivity index is 1.98. The van der Waals surface area contributed by atoms with Crippen LogP contribution in [0.2, 0.25) is 0 Å². The zero-order valence-corrected chi connectivity index (χ0v) is 14.0. The highest BCUT2D eigenvalue weighted by atomic mass is 32.2. The van der Waals surface area contributed by atoms with E-state index in [1.807, 2.05) is 78.9 Å². The van der Waals surface area contributed by atoms with Gasteiger partial charge in [-0.3, -0.25) is 10.4 Å². The van der Waals surface area contributed by atoms with E-state index in [-0.39, 0.29) is 0 Å². The van der Waals surface area contributed by atoms with Crippen LogP contribution in [0.15, 0.2) is 65.7 Å². The van der Waals surface area contributed by atoms with Gasteiger partial charge in [0.1, 0.15) is 17.9 Å². The van der Waals surface area contributed by atoms with Crippen LogP contribution in [0, 0.1) is 0 Å². The number of amidine groups is 1. The number of carbonyl (C=O) groups is 1. The van der Waals surface area contributed by atoms with Crippen molar-refractivity contribution in [1.82, 2.24) is 5.01 Å². The SMILES string of the molecule is CSC1=N[C@@](C)(c2ccccc2)C(C=O)N1Nc1ccccc1. The van der Waals surface area contributed by atoms with Crippen molar-refractivity contribution < 1.29 is 4.79 Å². The zero-order chi connectivity index (χ0) is 16.3. The van der Waals surface area contributed by atoms with Crippen LogP contribution in [0.5, 0.6) is 0 Å². The Morgan fingerprint density at radius 2 is 1.74 bits per heavy atom. The van der Waals surface area contributed by atoms with Gasteiger partial charge in [-0.2, -0.15) is 0 Å². The topological polar surface area (TPSA) is 44.7 Å². The number of anilines is 1. The minimum Gasteiger partial charge on any atom is -0.301 e. The lowest BCUT2D eigenvalue weighted by atomic mass is 9.86. The number of benzene rings is 2. The van der Waals surface area contributed by atoms with E-state index in [2.05, 4.69) is 5.43 Å². The molecular formula is C18H19N3OS. The normalized spacial score (nSPS) is 23.5. The van der Waals surface area contributed by atoms with Crippen molar-refractivity contribution in [3.63, 3.8) is 0 Å². The van der Waals surface area contributed by atoms with Gasteiger partial charge in [0.05, 0.1) is 5.69 Å². The molecule has 1 aliphatic rings. The maximum atomic E-state index is 11.9. The van der Waals surface area contributed by atoms with E-state index < -0.39 is 11.6 Å². The summed E-state index contributed by atoms with van der Waals surface area (Å²) in [6.45, 7) is 2.00. The fourth-order valence-electron chi connectivity index (χ4n) is 2.81. The van der Waals surface area contributed by atoms with Gasteiger partial charge in [-0.05, 0) is 30.9 Å². The second kappa shape index (κ2) is 6.46. The molecule has 1 heterocycles. The van der Waals surface area contributed by atoms with Crippen molar-refractivity contribution in [3.8, 4) is 0 Å². The third-order valence-electron chi connectivity index (χ3n) is 4.08. The lowest BCUT2D eigenvalue weighted by Gasteiger charge is -2.32. The van der Waals surface area contributed by atoms with E-state index in [1.165, 1.54) is 11.8 Å². The second-order valence-electron chi connectivity index (χ2n) is 5.54. The van der Waals surface area contributed by atoms with Crippen LogP contribution in [0.25, 0.3) is 0 Å². The molecule has 0 saturated heterocycles. The van der Waals surface area contributed by atoms with Crippen molar-refractivity contribution in [2.75, 3.05) is 11.7 Å². The van der Waals surface area contributed by atoms with Gasteiger partial charge in [-0.15, -0.1) is 0 Å². The lowest BCUT2D eigenvalue weighted by molar-refractivity contribution is -0.112.